The lowest BCUT2D eigenvalue weighted by Crippen LogP contribution is -2.51. The molecule has 0 bridgehead atoms. The number of aromatic nitrogens is 1. The van der Waals surface area contributed by atoms with Gasteiger partial charge >= 0.3 is 0 Å². The molecule has 0 radical (unpaired) electrons. The molecule has 35 heavy (non-hydrogen) atoms. The van der Waals surface area contributed by atoms with Gasteiger partial charge in [0.2, 0.25) is 5.91 Å². The van der Waals surface area contributed by atoms with Gasteiger partial charge in [-0.3, -0.25) is 4.79 Å². The van der Waals surface area contributed by atoms with Crippen molar-refractivity contribution in [2.24, 2.45) is 23.2 Å². The summed E-state index contributed by atoms with van der Waals surface area (Å²) in [6, 6.07) is 8.77. The molecule has 3 aliphatic rings. The van der Waals surface area contributed by atoms with Gasteiger partial charge in [-0.1, -0.05) is 13.0 Å². The van der Waals surface area contributed by atoms with Gasteiger partial charge in [-0.05, 0) is 92.4 Å². The number of aryl methyl sites for hydroxylation is 2. The molecule has 6 nitrogen and oxygen atoms in total. The van der Waals surface area contributed by atoms with Crippen LogP contribution in [0.25, 0.3) is 0 Å². The van der Waals surface area contributed by atoms with Crippen molar-refractivity contribution in [3.05, 3.63) is 40.4 Å². The second-order valence-electron chi connectivity index (χ2n) is 11.0. The van der Waals surface area contributed by atoms with Crippen molar-refractivity contribution in [2.45, 2.75) is 76.7 Å². The first-order chi connectivity index (χ1) is 16.8. The maximum absolute atomic E-state index is 12.7. The summed E-state index contributed by atoms with van der Waals surface area (Å²) < 4.78 is 5.47. The van der Waals surface area contributed by atoms with Crippen molar-refractivity contribution in [3.8, 4) is 11.8 Å². The predicted octanol–water partition coefficient (Wildman–Crippen LogP) is 5.61. The van der Waals surface area contributed by atoms with Gasteiger partial charge in [-0.15, -0.1) is 11.3 Å². The van der Waals surface area contributed by atoms with E-state index in [2.05, 4.69) is 41.5 Å². The number of carbonyl (C=O) groups is 1. The van der Waals surface area contributed by atoms with Gasteiger partial charge in [0.15, 0.2) is 5.13 Å². The number of nitrogens with one attached hydrogen (secondary N) is 1. The summed E-state index contributed by atoms with van der Waals surface area (Å²) in [5.74, 6) is 2.31. The Balaban J connectivity index is 1.39. The molecule has 3 aliphatic carbocycles. The normalized spacial score (nSPS) is 33.2. The summed E-state index contributed by atoms with van der Waals surface area (Å²) in [6.45, 7) is 4.19. The van der Waals surface area contributed by atoms with E-state index >= 15 is 0 Å². The zero-order valence-electron chi connectivity index (χ0n) is 20.8. The number of carbonyl (C=O) groups excluding carboxylic acids is 1. The van der Waals surface area contributed by atoms with Gasteiger partial charge in [-0.25, -0.2) is 4.98 Å². The number of hydrogen-bond acceptors (Lipinski definition) is 6. The molecule has 1 heterocycles. The number of methoxy groups -OCH3 is 1. The molecule has 2 fully saturated rings. The van der Waals surface area contributed by atoms with E-state index in [1.807, 2.05) is 6.92 Å². The number of nitriles is 1. The number of nitrogens with zero attached hydrogens (tertiary/aromatic N) is 2. The molecular formula is C28H35N3O3S. The Bertz CT molecular complexity index is 1160. The van der Waals surface area contributed by atoms with E-state index in [1.54, 1.807) is 13.3 Å². The fourth-order valence-corrected chi connectivity index (χ4v) is 8.42. The summed E-state index contributed by atoms with van der Waals surface area (Å²) in [5.41, 5.74) is 1.51. The minimum Gasteiger partial charge on any atom is -0.497 e. The fraction of sp³-hybridized carbons (Fsp3) is 0.607. The molecule has 6 atom stereocenters. The number of benzene rings is 1. The third kappa shape index (κ3) is 4.15. The maximum atomic E-state index is 12.7. The van der Waals surface area contributed by atoms with Crippen LogP contribution in [0.5, 0.6) is 5.75 Å². The average Bonchev–Trinajstić information content (AvgIpc) is 3.34. The smallest absolute Gasteiger partial charge is 0.226 e. The zero-order valence-corrected chi connectivity index (χ0v) is 21.7. The Kier molecular flexibility index (Phi) is 6.39. The Morgan fingerprint density at radius 1 is 1.40 bits per heavy atom. The molecule has 1 aromatic carbocycles. The first kappa shape index (κ1) is 24.3. The van der Waals surface area contributed by atoms with Crippen LogP contribution < -0.4 is 10.1 Å². The molecule has 5 rings (SSSR count). The minimum absolute atomic E-state index is 0.0229. The number of thiazole rings is 1. The first-order valence-corrected chi connectivity index (χ1v) is 13.6. The molecule has 1 amide bonds. The van der Waals surface area contributed by atoms with Gasteiger partial charge in [-0.2, -0.15) is 5.26 Å². The number of ether oxygens (including phenoxy) is 1. The van der Waals surface area contributed by atoms with Gasteiger partial charge in [0.1, 0.15) is 5.75 Å². The highest BCUT2D eigenvalue weighted by molar-refractivity contribution is 7.15. The largest absolute Gasteiger partial charge is 0.497 e. The fourth-order valence-electron chi connectivity index (χ4n) is 7.74. The van der Waals surface area contributed by atoms with E-state index in [0.717, 1.165) is 42.7 Å². The van der Waals surface area contributed by atoms with E-state index < -0.39 is 5.60 Å². The topological polar surface area (TPSA) is 95.2 Å². The molecule has 2 aromatic rings. The highest BCUT2D eigenvalue weighted by Crippen LogP contribution is 2.67. The van der Waals surface area contributed by atoms with Crippen LogP contribution in [0.1, 0.15) is 73.8 Å². The summed E-state index contributed by atoms with van der Waals surface area (Å²) in [7, 11) is 1.71. The van der Waals surface area contributed by atoms with Crippen LogP contribution in [-0.4, -0.2) is 28.7 Å². The standard InChI is InChI=1S/C28H35N3O3S/c1-17-16-30-26(35-17)31-24(32)9-5-19-15-28(33,12-13-29)27(2)11-10-22-21-8-6-20(34-3)14-18(21)4-7-23(22)25(19)27/h6,8,14,16,19,22-23,25,33H,4-5,7,9-12,15H2,1-3H3,(H,30,31,32). The van der Waals surface area contributed by atoms with Crippen molar-refractivity contribution in [1.29, 1.82) is 5.26 Å². The van der Waals surface area contributed by atoms with Gasteiger partial charge in [0, 0.05) is 22.9 Å². The van der Waals surface area contributed by atoms with E-state index in [-0.39, 0.29) is 23.7 Å². The summed E-state index contributed by atoms with van der Waals surface area (Å²) in [4.78, 5) is 18.1. The summed E-state index contributed by atoms with van der Waals surface area (Å²) >= 11 is 1.48. The highest BCUT2D eigenvalue weighted by atomic mass is 32.1. The van der Waals surface area contributed by atoms with E-state index in [1.165, 1.54) is 22.5 Å². The molecule has 0 saturated heterocycles. The Labute approximate surface area is 211 Å². The lowest BCUT2D eigenvalue weighted by atomic mass is 9.52. The van der Waals surface area contributed by atoms with Crippen molar-refractivity contribution in [2.75, 3.05) is 12.4 Å². The molecule has 0 spiro atoms. The Hall–Kier alpha value is -2.43. The Morgan fingerprint density at radius 2 is 2.23 bits per heavy atom. The molecular weight excluding hydrogens is 458 g/mol. The molecule has 0 aliphatic heterocycles. The van der Waals surface area contributed by atoms with Crippen molar-refractivity contribution < 1.29 is 14.6 Å². The van der Waals surface area contributed by atoms with E-state index in [0.29, 0.717) is 35.7 Å². The summed E-state index contributed by atoms with van der Waals surface area (Å²) in [6.07, 6.45) is 7.68. The van der Waals surface area contributed by atoms with Crippen LogP contribution in [0.4, 0.5) is 5.13 Å². The minimum atomic E-state index is -0.995. The molecule has 7 heteroatoms. The predicted molar refractivity (Wildman–Crippen MR) is 136 cm³/mol. The zero-order chi connectivity index (χ0) is 24.8. The van der Waals surface area contributed by atoms with E-state index in [4.69, 9.17) is 4.74 Å². The number of amides is 1. The number of anilines is 1. The monoisotopic (exact) mass is 493 g/mol. The van der Waals surface area contributed by atoms with Gasteiger partial charge in [0.05, 0.1) is 25.2 Å². The molecule has 1 aromatic heterocycles. The van der Waals surface area contributed by atoms with Crippen LogP contribution in [-0.2, 0) is 11.2 Å². The number of hydrogen-bond donors (Lipinski definition) is 2. The lowest BCUT2D eigenvalue weighted by molar-refractivity contribution is -0.116. The number of rotatable bonds is 6. The second kappa shape index (κ2) is 9.22. The van der Waals surface area contributed by atoms with Crippen LogP contribution in [0.2, 0.25) is 0 Å². The molecule has 186 valence electrons. The SMILES string of the molecule is COc1ccc2c(c1)CCC1C2CCC2(C)C1C(CCC(=O)Nc1ncc(C)s1)CC2(O)CC#N. The van der Waals surface area contributed by atoms with Crippen molar-refractivity contribution in [3.63, 3.8) is 0 Å². The van der Waals surface area contributed by atoms with Crippen LogP contribution >= 0.6 is 11.3 Å². The number of fused-ring (bicyclic) bond motifs is 5. The third-order valence-corrected chi connectivity index (χ3v) is 10.2. The molecule has 2 saturated carbocycles. The third-order valence-electron chi connectivity index (χ3n) is 9.34. The second-order valence-corrected chi connectivity index (χ2v) is 12.3. The molecule has 2 N–H and O–H groups in total. The van der Waals surface area contributed by atoms with Crippen molar-refractivity contribution in [1.82, 2.24) is 4.98 Å². The summed E-state index contributed by atoms with van der Waals surface area (Å²) in [5, 5.41) is 25.0. The van der Waals surface area contributed by atoms with E-state index in [9.17, 15) is 15.2 Å². The first-order valence-electron chi connectivity index (χ1n) is 12.8. The van der Waals surface area contributed by atoms with Gasteiger partial charge in [0.25, 0.3) is 0 Å². The maximum Gasteiger partial charge on any atom is 0.226 e. The lowest BCUT2D eigenvalue weighted by Gasteiger charge is -2.53. The van der Waals surface area contributed by atoms with Gasteiger partial charge < -0.3 is 15.2 Å². The van der Waals surface area contributed by atoms with Crippen LogP contribution in [0, 0.1) is 41.4 Å². The Morgan fingerprint density at radius 3 is 2.94 bits per heavy atom. The van der Waals surface area contributed by atoms with Crippen LogP contribution in [0.15, 0.2) is 24.4 Å². The molecule has 6 unspecified atom stereocenters. The number of aliphatic hydroxyl groups is 1. The highest BCUT2D eigenvalue weighted by Gasteiger charge is 2.64. The quantitative estimate of drug-likeness (QED) is 0.546. The average molecular weight is 494 g/mol. The van der Waals surface area contributed by atoms with Crippen molar-refractivity contribution >= 4 is 22.4 Å². The van der Waals surface area contributed by atoms with Crippen LogP contribution in [0.3, 0.4) is 0 Å².